The third kappa shape index (κ3) is 5.32. The summed E-state index contributed by atoms with van der Waals surface area (Å²) in [6.45, 7) is 7.73. The minimum absolute atomic E-state index is 0.0481. The largest absolute Gasteiger partial charge is 0.356 e. The summed E-state index contributed by atoms with van der Waals surface area (Å²) in [5.41, 5.74) is 2.75. The molecule has 188 valence electrons. The SMILES string of the molecule is CNC1CCN(C2CCN(C(=O)c3ncnc(N4CCC(c5ccc(Cl)cc5)C4)c3C)CC2)CC1. The maximum absolute atomic E-state index is 13.5. The smallest absolute Gasteiger partial charge is 0.272 e. The number of carbonyl (C=O) groups is 1. The van der Waals surface area contributed by atoms with Gasteiger partial charge < -0.3 is 20.0 Å². The Hall–Kier alpha value is -2.22. The zero-order valence-corrected chi connectivity index (χ0v) is 21.7. The van der Waals surface area contributed by atoms with Crippen LogP contribution in [0, 0.1) is 6.92 Å². The van der Waals surface area contributed by atoms with Crippen LogP contribution in [0.2, 0.25) is 5.02 Å². The minimum Gasteiger partial charge on any atom is -0.356 e. The van der Waals surface area contributed by atoms with Gasteiger partial charge in [-0.3, -0.25) is 4.79 Å². The summed E-state index contributed by atoms with van der Waals surface area (Å²) in [6, 6.07) is 9.39. The fraction of sp³-hybridized carbons (Fsp3) is 0.593. The van der Waals surface area contributed by atoms with Gasteiger partial charge in [-0.05, 0) is 76.9 Å². The van der Waals surface area contributed by atoms with Crippen LogP contribution in [0.15, 0.2) is 30.6 Å². The molecule has 1 N–H and O–H groups in total. The van der Waals surface area contributed by atoms with Crippen LogP contribution in [0.5, 0.6) is 0 Å². The van der Waals surface area contributed by atoms with Crippen molar-refractivity contribution in [1.29, 1.82) is 0 Å². The predicted octanol–water partition coefficient (Wildman–Crippen LogP) is 3.72. The molecule has 1 atom stereocenters. The highest BCUT2D eigenvalue weighted by atomic mass is 35.5. The van der Waals surface area contributed by atoms with Gasteiger partial charge in [0.05, 0.1) is 0 Å². The second-order valence-electron chi connectivity index (χ2n) is 10.3. The van der Waals surface area contributed by atoms with Crippen molar-refractivity contribution in [2.75, 3.05) is 51.2 Å². The molecule has 0 saturated carbocycles. The van der Waals surface area contributed by atoms with Gasteiger partial charge in [0.2, 0.25) is 0 Å². The number of amides is 1. The molecule has 3 fully saturated rings. The summed E-state index contributed by atoms with van der Waals surface area (Å²) in [5, 5.41) is 4.17. The van der Waals surface area contributed by atoms with Gasteiger partial charge in [0.15, 0.2) is 0 Å². The van der Waals surface area contributed by atoms with Gasteiger partial charge in [0.1, 0.15) is 17.8 Å². The molecule has 3 aliphatic rings. The van der Waals surface area contributed by atoms with Crippen molar-refractivity contribution in [1.82, 2.24) is 25.1 Å². The molecule has 3 aliphatic heterocycles. The monoisotopic (exact) mass is 496 g/mol. The van der Waals surface area contributed by atoms with Crippen LogP contribution in [0.4, 0.5) is 5.82 Å². The first kappa shape index (κ1) is 24.5. The van der Waals surface area contributed by atoms with Crippen molar-refractivity contribution in [2.45, 2.75) is 57.0 Å². The normalized spacial score (nSPS) is 22.7. The molecular weight excluding hydrogens is 460 g/mol. The Morgan fingerprint density at radius 3 is 2.37 bits per heavy atom. The lowest BCUT2D eigenvalue weighted by molar-refractivity contribution is 0.0566. The zero-order valence-electron chi connectivity index (χ0n) is 20.9. The minimum atomic E-state index is 0.0481. The molecule has 8 heteroatoms. The highest BCUT2D eigenvalue weighted by Crippen LogP contribution is 2.32. The van der Waals surface area contributed by atoms with Crippen LogP contribution in [0.25, 0.3) is 0 Å². The lowest BCUT2D eigenvalue weighted by Gasteiger charge is -2.41. The molecule has 1 amide bonds. The Balaban J connectivity index is 1.20. The highest BCUT2D eigenvalue weighted by Gasteiger charge is 2.32. The first-order valence-corrected chi connectivity index (χ1v) is 13.4. The van der Waals surface area contributed by atoms with Crippen LogP contribution >= 0.6 is 11.6 Å². The quantitative estimate of drug-likeness (QED) is 0.680. The summed E-state index contributed by atoms with van der Waals surface area (Å²) in [7, 11) is 2.06. The van der Waals surface area contributed by atoms with E-state index in [0.717, 1.165) is 74.9 Å². The predicted molar refractivity (Wildman–Crippen MR) is 140 cm³/mol. The van der Waals surface area contributed by atoms with E-state index in [9.17, 15) is 4.79 Å². The fourth-order valence-electron chi connectivity index (χ4n) is 6.07. The van der Waals surface area contributed by atoms with E-state index in [1.165, 1.54) is 18.4 Å². The lowest BCUT2D eigenvalue weighted by Crippen LogP contribution is -2.51. The standard InChI is InChI=1S/C27H37ClN6O/c1-19-25(27(35)33-15-10-24(11-16-33)32-13-8-23(29-2)9-14-32)30-18-31-26(19)34-12-7-21(17-34)20-3-5-22(28)6-4-20/h3-6,18,21,23-24,29H,7-17H2,1-2H3. The topological polar surface area (TPSA) is 64.6 Å². The molecule has 7 nitrogen and oxygen atoms in total. The van der Waals surface area contributed by atoms with Gasteiger partial charge in [-0.25, -0.2) is 9.97 Å². The van der Waals surface area contributed by atoms with E-state index in [2.05, 4.69) is 44.3 Å². The number of anilines is 1. The molecule has 4 heterocycles. The Labute approximate surface area is 213 Å². The summed E-state index contributed by atoms with van der Waals surface area (Å²) in [6.07, 6.45) is 7.14. The number of hydrogen-bond acceptors (Lipinski definition) is 6. The van der Waals surface area contributed by atoms with E-state index >= 15 is 0 Å². The van der Waals surface area contributed by atoms with Crippen molar-refractivity contribution >= 4 is 23.3 Å². The van der Waals surface area contributed by atoms with E-state index in [1.54, 1.807) is 6.33 Å². The third-order valence-corrected chi connectivity index (χ3v) is 8.55. The molecule has 1 aromatic heterocycles. The number of halogens is 1. The molecule has 2 aromatic rings. The first-order valence-electron chi connectivity index (χ1n) is 13.1. The summed E-state index contributed by atoms with van der Waals surface area (Å²) < 4.78 is 0. The summed E-state index contributed by atoms with van der Waals surface area (Å²) in [5.74, 6) is 1.38. The molecule has 3 saturated heterocycles. The van der Waals surface area contributed by atoms with Crippen LogP contribution in [-0.2, 0) is 0 Å². The van der Waals surface area contributed by atoms with Crippen molar-refractivity contribution in [3.05, 3.63) is 52.4 Å². The zero-order chi connectivity index (χ0) is 24.4. The van der Waals surface area contributed by atoms with Crippen LogP contribution in [-0.4, -0.2) is 84.1 Å². The number of likely N-dealkylation sites (tertiary alicyclic amines) is 2. The Morgan fingerprint density at radius 1 is 0.971 bits per heavy atom. The Bertz CT molecular complexity index is 1010. The van der Waals surface area contributed by atoms with Crippen LogP contribution < -0.4 is 10.2 Å². The molecule has 5 rings (SSSR count). The van der Waals surface area contributed by atoms with Gasteiger partial charge in [-0.2, -0.15) is 0 Å². The van der Waals surface area contributed by atoms with Gasteiger partial charge in [0.25, 0.3) is 5.91 Å². The van der Waals surface area contributed by atoms with E-state index < -0.39 is 0 Å². The van der Waals surface area contributed by atoms with Crippen molar-refractivity contribution in [3.63, 3.8) is 0 Å². The number of carbonyl (C=O) groups excluding carboxylic acids is 1. The molecule has 0 radical (unpaired) electrons. The molecule has 0 spiro atoms. The number of rotatable bonds is 5. The number of nitrogens with one attached hydrogen (secondary N) is 1. The van der Waals surface area contributed by atoms with Crippen molar-refractivity contribution in [2.24, 2.45) is 0 Å². The van der Waals surface area contributed by atoms with Crippen LogP contribution in [0.3, 0.4) is 0 Å². The van der Waals surface area contributed by atoms with E-state index in [0.29, 0.717) is 23.7 Å². The van der Waals surface area contributed by atoms with Gasteiger partial charge in [-0.15, -0.1) is 0 Å². The molecular formula is C27H37ClN6O. The van der Waals surface area contributed by atoms with E-state index in [1.807, 2.05) is 24.0 Å². The number of aromatic nitrogens is 2. The fourth-order valence-corrected chi connectivity index (χ4v) is 6.20. The number of hydrogen-bond donors (Lipinski definition) is 1. The molecule has 0 aliphatic carbocycles. The van der Waals surface area contributed by atoms with Gasteiger partial charge in [0, 0.05) is 54.8 Å². The summed E-state index contributed by atoms with van der Waals surface area (Å²) in [4.78, 5) is 29.4. The van der Waals surface area contributed by atoms with Crippen molar-refractivity contribution in [3.8, 4) is 0 Å². The molecule has 1 unspecified atom stereocenters. The molecule has 35 heavy (non-hydrogen) atoms. The maximum atomic E-state index is 13.5. The van der Waals surface area contributed by atoms with E-state index in [4.69, 9.17) is 11.6 Å². The van der Waals surface area contributed by atoms with Crippen LogP contribution in [0.1, 0.15) is 59.6 Å². The number of nitrogens with zero attached hydrogens (tertiary/aromatic N) is 5. The van der Waals surface area contributed by atoms with E-state index in [-0.39, 0.29) is 5.91 Å². The van der Waals surface area contributed by atoms with Crippen molar-refractivity contribution < 1.29 is 4.79 Å². The Kier molecular flexibility index (Phi) is 7.56. The second kappa shape index (κ2) is 10.8. The molecule has 0 bridgehead atoms. The average Bonchev–Trinajstić information content (AvgIpc) is 3.39. The number of piperidine rings is 2. The second-order valence-corrected chi connectivity index (χ2v) is 10.7. The van der Waals surface area contributed by atoms with Gasteiger partial charge >= 0.3 is 0 Å². The highest BCUT2D eigenvalue weighted by molar-refractivity contribution is 6.30. The summed E-state index contributed by atoms with van der Waals surface area (Å²) >= 11 is 6.07. The van der Waals surface area contributed by atoms with Gasteiger partial charge in [-0.1, -0.05) is 23.7 Å². The third-order valence-electron chi connectivity index (χ3n) is 8.30. The first-order chi connectivity index (χ1) is 17.0. The number of benzene rings is 1. The molecule has 1 aromatic carbocycles. The average molecular weight is 497 g/mol. The lowest BCUT2D eigenvalue weighted by atomic mass is 9.97. The maximum Gasteiger partial charge on any atom is 0.272 e. The Morgan fingerprint density at radius 2 is 1.69 bits per heavy atom.